The third-order valence-corrected chi connectivity index (χ3v) is 4.98. The van der Waals surface area contributed by atoms with Crippen molar-refractivity contribution in [2.45, 2.75) is 12.3 Å². The van der Waals surface area contributed by atoms with Crippen molar-refractivity contribution in [2.24, 2.45) is 0 Å². The third kappa shape index (κ3) is 3.24. The Hall–Kier alpha value is -3.33. The van der Waals surface area contributed by atoms with Gasteiger partial charge in [0.1, 0.15) is 0 Å². The SMILES string of the molecule is CC(c1ccccc1)(c1cccc(-c2cccc(F)n2)c1)c1ccccn1. The van der Waals surface area contributed by atoms with Gasteiger partial charge in [-0.2, -0.15) is 4.39 Å². The number of aromatic nitrogens is 2. The number of nitrogens with zero attached hydrogens (tertiary/aromatic N) is 2. The molecule has 0 amide bonds. The zero-order chi connectivity index (χ0) is 18.7. The number of hydrogen-bond donors (Lipinski definition) is 0. The van der Waals surface area contributed by atoms with E-state index in [4.69, 9.17) is 0 Å². The molecule has 1 atom stereocenters. The number of benzene rings is 2. The van der Waals surface area contributed by atoms with E-state index in [1.165, 1.54) is 6.07 Å². The molecule has 27 heavy (non-hydrogen) atoms. The Morgan fingerprint density at radius 1 is 0.741 bits per heavy atom. The van der Waals surface area contributed by atoms with Crippen LogP contribution in [0.4, 0.5) is 4.39 Å². The van der Waals surface area contributed by atoms with E-state index in [2.05, 4.69) is 41.2 Å². The van der Waals surface area contributed by atoms with Gasteiger partial charge in [-0.25, -0.2) is 4.98 Å². The van der Waals surface area contributed by atoms with Gasteiger partial charge in [0.25, 0.3) is 0 Å². The van der Waals surface area contributed by atoms with E-state index in [-0.39, 0.29) is 0 Å². The standard InChI is InChI=1S/C24H19FN2/c1-24(19-10-3-2-4-11-19,22-14-5-6-16-26-22)20-12-7-9-18(17-20)21-13-8-15-23(25)27-21/h2-17H,1H3. The zero-order valence-corrected chi connectivity index (χ0v) is 15.0. The lowest BCUT2D eigenvalue weighted by molar-refractivity contribution is 0.585. The van der Waals surface area contributed by atoms with Crippen LogP contribution in [0.5, 0.6) is 0 Å². The highest BCUT2D eigenvalue weighted by atomic mass is 19.1. The second kappa shape index (κ2) is 7.12. The van der Waals surface area contributed by atoms with Crippen LogP contribution in [0.2, 0.25) is 0 Å². The molecule has 2 aromatic carbocycles. The molecule has 2 heterocycles. The maximum absolute atomic E-state index is 13.6. The molecule has 0 aliphatic heterocycles. The van der Waals surface area contributed by atoms with Gasteiger partial charge in [-0.1, -0.05) is 60.7 Å². The highest BCUT2D eigenvalue weighted by molar-refractivity contribution is 5.62. The smallest absolute Gasteiger partial charge is 0.213 e. The molecular formula is C24H19FN2. The van der Waals surface area contributed by atoms with Crippen LogP contribution in [0.25, 0.3) is 11.3 Å². The molecule has 0 aliphatic carbocycles. The summed E-state index contributed by atoms with van der Waals surface area (Å²) in [7, 11) is 0. The highest BCUT2D eigenvalue weighted by Gasteiger charge is 2.32. The maximum Gasteiger partial charge on any atom is 0.213 e. The zero-order valence-electron chi connectivity index (χ0n) is 15.0. The van der Waals surface area contributed by atoms with E-state index in [0.717, 1.165) is 22.4 Å². The van der Waals surface area contributed by atoms with Crippen LogP contribution < -0.4 is 0 Å². The van der Waals surface area contributed by atoms with E-state index in [9.17, 15) is 4.39 Å². The molecule has 1 unspecified atom stereocenters. The summed E-state index contributed by atoms with van der Waals surface area (Å²) in [6.45, 7) is 2.17. The summed E-state index contributed by atoms with van der Waals surface area (Å²) < 4.78 is 13.6. The summed E-state index contributed by atoms with van der Waals surface area (Å²) >= 11 is 0. The first-order valence-electron chi connectivity index (χ1n) is 8.88. The van der Waals surface area contributed by atoms with Crippen molar-refractivity contribution < 1.29 is 4.39 Å². The number of pyridine rings is 2. The van der Waals surface area contributed by atoms with Crippen LogP contribution >= 0.6 is 0 Å². The topological polar surface area (TPSA) is 25.8 Å². The highest BCUT2D eigenvalue weighted by Crippen LogP contribution is 2.38. The minimum absolute atomic E-state index is 0.439. The molecule has 0 bridgehead atoms. The van der Waals surface area contributed by atoms with Crippen LogP contribution in [-0.2, 0) is 5.41 Å². The van der Waals surface area contributed by atoms with Crippen LogP contribution in [0.15, 0.2) is 97.2 Å². The Balaban J connectivity index is 1.91. The first-order valence-corrected chi connectivity index (χ1v) is 8.88. The van der Waals surface area contributed by atoms with Gasteiger partial charge in [-0.05, 0) is 48.4 Å². The predicted molar refractivity (Wildman–Crippen MR) is 106 cm³/mol. The summed E-state index contributed by atoms with van der Waals surface area (Å²) in [6, 6.07) is 29.2. The van der Waals surface area contributed by atoms with Crippen molar-refractivity contribution >= 4 is 0 Å². The normalized spacial score (nSPS) is 13.1. The Morgan fingerprint density at radius 2 is 1.48 bits per heavy atom. The number of rotatable bonds is 4. The van der Waals surface area contributed by atoms with Gasteiger partial charge in [-0.15, -0.1) is 0 Å². The van der Waals surface area contributed by atoms with E-state index < -0.39 is 11.4 Å². The van der Waals surface area contributed by atoms with Crippen molar-refractivity contribution in [1.82, 2.24) is 9.97 Å². The Kier molecular flexibility index (Phi) is 4.51. The molecule has 0 saturated heterocycles. The molecule has 0 fully saturated rings. The van der Waals surface area contributed by atoms with Gasteiger partial charge in [0, 0.05) is 11.8 Å². The van der Waals surface area contributed by atoms with E-state index in [1.807, 2.05) is 60.8 Å². The van der Waals surface area contributed by atoms with Crippen molar-refractivity contribution in [3.8, 4) is 11.3 Å². The molecular weight excluding hydrogens is 335 g/mol. The molecule has 0 saturated carbocycles. The molecule has 4 rings (SSSR count). The van der Waals surface area contributed by atoms with Crippen LogP contribution in [-0.4, -0.2) is 9.97 Å². The van der Waals surface area contributed by atoms with Crippen molar-refractivity contribution in [3.05, 3.63) is 120 Å². The number of hydrogen-bond acceptors (Lipinski definition) is 2. The lowest BCUT2D eigenvalue weighted by Crippen LogP contribution is -2.26. The summed E-state index contributed by atoms with van der Waals surface area (Å²) in [6.07, 6.45) is 1.81. The first-order chi connectivity index (χ1) is 13.2. The molecule has 0 radical (unpaired) electrons. The van der Waals surface area contributed by atoms with Crippen LogP contribution in [0, 0.1) is 5.95 Å². The predicted octanol–water partition coefficient (Wildman–Crippen LogP) is 5.64. The van der Waals surface area contributed by atoms with Gasteiger partial charge in [-0.3, -0.25) is 4.98 Å². The Labute approximate surface area is 158 Å². The molecule has 0 aliphatic rings. The van der Waals surface area contributed by atoms with E-state index >= 15 is 0 Å². The fraction of sp³-hybridized carbons (Fsp3) is 0.0833. The monoisotopic (exact) mass is 354 g/mol. The van der Waals surface area contributed by atoms with Gasteiger partial charge < -0.3 is 0 Å². The molecule has 0 N–H and O–H groups in total. The van der Waals surface area contributed by atoms with E-state index in [0.29, 0.717) is 5.69 Å². The lowest BCUT2D eigenvalue weighted by atomic mass is 9.73. The molecule has 4 aromatic rings. The Bertz CT molecular complexity index is 1010. The number of halogens is 1. The van der Waals surface area contributed by atoms with Gasteiger partial charge in [0.05, 0.1) is 16.8 Å². The minimum Gasteiger partial charge on any atom is -0.260 e. The second-order valence-electron chi connectivity index (χ2n) is 6.63. The fourth-order valence-corrected chi connectivity index (χ4v) is 3.45. The Morgan fingerprint density at radius 3 is 2.22 bits per heavy atom. The van der Waals surface area contributed by atoms with Gasteiger partial charge in [0.2, 0.25) is 5.95 Å². The molecule has 2 nitrogen and oxygen atoms in total. The fourth-order valence-electron chi connectivity index (χ4n) is 3.45. The molecule has 3 heteroatoms. The quantitative estimate of drug-likeness (QED) is 0.443. The maximum atomic E-state index is 13.6. The van der Waals surface area contributed by atoms with Crippen LogP contribution in [0.3, 0.4) is 0 Å². The lowest BCUT2D eigenvalue weighted by Gasteiger charge is -2.31. The van der Waals surface area contributed by atoms with Gasteiger partial charge >= 0.3 is 0 Å². The minimum atomic E-state index is -0.478. The largest absolute Gasteiger partial charge is 0.260 e. The van der Waals surface area contributed by atoms with Crippen molar-refractivity contribution in [1.29, 1.82) is 0 Å². The second-order valence-corrected chi connectivity index (χ2v) is 6.63. The summed E-state index contributed by atoms with van der Waals surface area (Å²) in [4.78, 5) is 8.67. The average molecular weight is 354 g/mol. The molecule has 132 valence electrons. The molecule has 0 spiro atoms. The summed E-state index contributed by atoms with van der Waals surface area (Å²) in [5.41, 5.74) is 4.24. The third-order valence-electron chi connectivity index (χ3n) is 4.98. The summed E-state index contributed by atoms with van der Waals surface area (Å²) in [5, 5.41) is 0. The van der Waals surface area contributed by atoms with Gasteiger partial charge in [0.15, 0.2) is 0 Å². The van der Waals surface area contributed by atoms with Crippen molar-refractivity contribution in [3.63, 3.8) is 0 Å². The van der Waals surface area contributed by atoms with E-state index in [1.54, 1.807) is 6.07 Å². The first kappa shape index (κ1) is 17.1. The molecule has 2 aromatic heterocycles. The summed E-state index contributed by atoms with van der Waals surface area (Å²) in [5.74, 6) is -0.478. The van der Waals surface area contributed by atoms with Crippen molar-refractivity contribution in [2.75, 3.05) is 0 Å². The average Bonchev–Trinajstić information content (AvgIpc) is 2.74. The van der Waals surface area contributed by atoms with Crippen LogP contribution in [0.1, 0.15) is 23.7 Å².